The van der Waals surface area contributed by atoms with E-state index in [0.29, 0.717) is 11.5 Å². The molecule has 0 unspecified atom stereocenters. The molecule has 0 bridgehead atoms. The lowest BCUT2D eigenvalue weighted by Gasteiger charge is -2.10. The van der Waals surface area contributed by atoms with Crippen LogP contribution in [0.25, 0.3) is 0 Å². The Labute approximate surface area is 144 Å². The van der Waals surface area contributed by atoms with Gasteiger partial charge in [0.25, 0.3) is 0 Å². The zero-order valence-corrected chi connectivity index (χ0v) is 14.4. The van der Waals surface area contributed by atoms with E-state index in [1.807, 2.05) is 42.5 Å². The first-order valence-corrected chi connectivity index (χ1v) is 8.82. The van der Waals surface area contributed by atoms with Crippen LogP contribution in [0.5, 0.6) is 11.5 Å². The normalized spacial score (nSPS) is 10.4. The van der Waals surface area contributed by atoms with E-state index in [1.165, 1.54) is 32.1 Å². The van der Waals surface area contributed by atoms with Crippen molar-refractivity contribution in [3.05, 3.63) is 60.2 Å². The van der Waals surface area contributed by atoms with Gasteiger partial charge in [-0.05, 0) is 36.6 Å². The number of carbonyl (C=O) groups excluding carboxylic acids is 1. The highest BCUT2D eigenvalue weighted by Gasteiger charge is 2.11. The van der Waals surface area contributed by atoms with E-state index in [-0.39, 0.29) is 0 Å². The Kier molecular flexibility index (Phi) is 7.88. The Morgan fingerprint density at radius 3 is 2.25 bits per heavy atom. The summed E-state index contributed by atoms with van der Waals surface area (Å²) in [6, 6.07) is 16.6. The first kappa shape index (κ1) is 18.1. The van der Waals surface area contributed by atoms with Crippen LogP contribution in [0.15, 0.2) is 54.6 Å². The summed E-state index contributed by atoms with van der Waals surface area (Å²) in [5.41, 5.74) is 1.05. The number of rotatable bonds is 9. The molecule has 0 heterocycles. The Bertz CT molecular complexity index is 607. The van der Waals surface area contributed by atoms with Gasteiger partial charge in [0.1, 0.15) is 11.5 Å². The Balaban J connectivity index is 1.83. The van der Waals surface area contributed by atoms with E-state index >= 15 is 0 Å². The third kappa shape index (κ3) is 6.45. The lowest BCUT2D eigenvalue weighted by Crippen LogP contribution is -2.14. The number of hydrogen-bond donors (Lipinski definition) is 0. The first-order chi connectivity index (χ1) is 11.8. The number of aryl methyl sites for hydroxylation is 1. The minimum absolute atomic E-state index is 0.482. The van der Waals surface area contributed by atoms with Crippen molar-refractivity contribution < 1.29 is 14.3 Å². The molecule has 24 heavy (non-hydrogen) atoms. The summed E-state index contributed by atoms with van der Waals surface area (Å²) in [4.78, 5) is 11.9. The average molecular weight is 326 g/mol. The van der Waals surface area contributed by atoms with E-state index in [9.17, 15) is 4.79 Å². The molecule has 0 aliphatic heterocycles. The molecular weight excluding hydrogens is 300 g/mol. The zero-order chi connectivity index (χ0) is 17.0. The number of para-hydroxylation sites is 2. The van der Waals surface area contributed by atoms with Gasteiger partial charge in [0.05, 0.1) is 0 Å². The van der Waals surface area contributed by atoms with Crippen molar-refractivity contribution in [1.82, 2.24) is 0 Å². The molecule has 3 nitrogen and oxygen atoms in total. The largest absolute Gasteiger partial charge is 0.519 e. The van der Waals surface area contributed by atoms with Gasteiger partial charge in [-0.3, -0.25) is 0 Å². The molecule has 0 amide bonds. The van der Waals surface area contributed by atoms with E-state index in [4.69, 9.17) is 9.47 Å². The van der Waals surface area contributed by atoms with E-state index in [2.05, 4.69) is 6.92 Å². The maximum Gasteiger partial charge on any atom is 0.519 e. The van der Waals surface area contributed by atoms with Crippen molar-refractivity contribution in [2.75, 3.05) is 0 Å². The van der Waals surface area contributed by atoms with Crippen LogP contribution >= 0.6 is 0 Å². The third-order valence-corrected chi connectivity index (χ3v) is 3.91. The summed E-state index contributed by atoms with van der Waals surface area (Å²) in [5.74, 6) is 1.07. The van der Waals surface area contributed by atoms with E-state index < -0.39 is 6.16 Å². The molecule has 2 aromatic rings. The summed E-state index contributed by atoms with van der Waals surface area (Å²) in [6.45, 7) is 2.22. The maximum absolute atomic E-state index is 11.9. The van der Waals surface area contributed by atoms with Crippen LogP contribution in [0.2, 0.25) is 0 Å². The summed E-state index contributed by atoms with van der Waals surface area (Å²) in [7, 11) is 0. The van der Waals surface area contributed by atoms with E-state index in [1.54, 1.807) is 12.1 Å². The van der Waals surface area contributed by atoms with Gasteiger partial charge in [0.15, 0.2) is 0 Å². The molecule has 0 aromatic heterocycles. The molecule has 3 heteroatoms. The zero-order valence-electron chi connectivity index (χ0n) is 14.4. The first-order valence-electron chi connectivity index (χ1n) is 8.82. The molecule has 0 N–H and O–H groups in total. The van der Waals surface area contributed by atoms with Gasteiger partial charge in [-0.25, -0.2) is 4.79 Å². The van der Waals surface area contributed by atoms with Crippen LogP contribution in [0, 0.1) is 0 Å². The predicted molar refractivity (Wildman–Crippen MR) is 96.6 cm³/mol. The molecule has 0 aliphatic rings. The fraction of sp³-hybridized carbons (Fsp3) is 0.381. The molecule has 0 radical (unpaired) electrons. The number of carbonyl (C=O) groups is 1. The summed E-state index contributed by atoms with van der Waals surface area (Å²) in [5, 5.41) is 0. The standard InChI is InChI=1S/C21H26O3/c1-2-3-4-5-6-8-13-18-14-11-12-17-20(18)24-21(22)23-19-15-9-7-10-16-19/h7,9-12,14-17H,2-6,8,13H2,1H3. The topological polar surface area (TPSA) is 35.5 Å². The number of benzene rings is 2. The molecule has 0 aliphatic carbocycles. The second-order valence-corrected chi connectivity index (χ2v) is 5.89. The lowest BCUT2D eigenvalue weighted by atomic mass is 10.0. The van der Waals surface area contributed by atoms with Crippen molar-refractivity contribution in [1.29, 1.82) is 0 Å². The maximum atomic E-state index is 11.9. The molecule has 0 fully saturated rings. The third-order valence-electron chi connectivity index (χ3n) is 3.91. The minimum Gasteiger partial charge on any atom is -0.395 e. The molecule has 0 saturated carbocycles. The van der Waals surface area contributed by atoms with Crippen molar-refractivity contribution in [3.8, 4) is 11.5 Å². The molecule has 0 saturated heterocycles. The number of hydrogen-bond acceptors (Lipinski definition) is 3. The van der Waals surface area contributed by atoms with Crippen LogP contribution in [0.1, 0.15) is 51.0 Å². The van der Waals surface area contributed by atoms with Crippen molar-refractivity contribution >= 4 is 6.16 Å². The minimum atomic E-state index is -0.698. The highest BCUT2D eigenvalue weighted by Crippen LogP contribution is 2.22. The lowest BCUT2D eigenvalue weighted by molar-refractivity contribution is 0.151. The summed E-state index contributed by atoms with van der Waals surface area (Å²) in [6.07, 6.45) is 7.69. The van der Waals surface area contributed by atoms with Gasteiger partial charge < -0.3 is 9.47 Å². The molecule has 2 aromatic carbocycles. The Morgan fingerprint density at radius 2 is 1.46 bits per heavy atom. The molecule has 0 atom stereocenters. The van der Waals surface area contributed by atoms with Gasteiger partial charge >= 0.3 is 6.16 Å². The van der Waals surface area contributed by atoms with E-state index in [0.717, 1.165) is 18.4 Å². The van der Waals surface area contributed by atoms with Crippen LogP contribution in [-0.2, 0) is 6.42 Å². The van der Waals surface area contributed by atoms with Crippen LogP contribution in [-0.4, -0.2) is 6.16 Å². The smallest absolute Gasteiger partial charge is 0.395 e. The fourth-order valence-electron chi connectivity index (χ4n) is 2.60. The van der Waals surface area contributed by atoms with Crippen molar-refractivity contribution in [2.24, 2.45) is 0 Å². The predicted octanol–water partition coefficient (Wildman–Crippen LogP) is 6.17. The van der Waals surface area contributed by atoms with Gasteiger partial charge in [0.2, 0.25) is 0 Å². The monoisotopic (exact) mass is 326 g/mol. The molecule has 128 valence electrons. The van der Waals surface area contributed by atoms with Crippen molar-refractivity contribution in [2.45, 2.75) is 51.9 Å². The SMILES string of the molecule is CCCCCCCCc1ccccc1OC(=O)Oc1ccccc1. The second-order valence-electron chi connectivity index (χ2n) is 5.89. The second kappa shape index (κ2) is 10.5. The summed E-state index contributed by atoms with van der Waals surface area (Å²) >= 11 is 0. The Hall–Kier alpha value is -2.29. The van der Waals surface area contributed by atoms with Crippen molar-refractivity contribution in [3.63, 3.8) is 0 Å². The number of ether oxygens (including phenoxy) is 2. The fourth-order valence-corrected chi connectivity index (χ4v) is 2.60. The highest BCUT2D eigenvalue weighted by molar-refractivity contribution is 5.67. The van der Waals surface area contributed by atoms with Crippen LogP contribution in [0.3, 0.4) is 0 Å². The van der Waals surface area contributed by atoms with Crippen LogP contribution in [0.4, 0.5) is 4.79 Å². The molecule has 0 spiro atoms. The molecule has 2 rings (SSSR count). The van der Waals surface area contributed by atoms with Crippen LogP contribution < -0.4 is 9.47 Å². The number of unbranched alkanes of at least 4 members (excludes halogenated alkanes) is 5. The van der Waals surface area contributed by atoms with Gasteiger partial charge in [-0.2, -0.15) is 0 Å². The summed E-state index contributed by atoms with van der Waals surface area (Å²) < 4.78 is 10.6. The Morgan fingerprint density at radius 1 is 0.792 bits per heavy atom. The highest BCUT2D eigenvalue weighted by atomic mass is 16.7. The quantitative estimate of drug-likeness (QED) is 0.314. The van der Waals surface area contributed by atoms with Gasteiger partial charge in [-0.1, -0.05) is 75.4 Å². The average Bonchev–Trinajstić information content (AvgIpc) is 2.60. The van der Waals surface area contributed by atoms with Gasteiger partial charge in [-0.15, -0.1) is 0 Å². The molecular formula is C21H26O3. The van der Waals surface area contributed by atoms with Gasteiger partial charge in [0, 0.05) is 0 Å².